The Balaban J connectivity index is 2.99. The van der Waals surface area contributed by atoms with E-state index in [0.717, 1.165) is 19.5 Å². The third-order valence-electron chi connectivity index (χ3n) is 1.61. The number of benzene rings is 1. The summed E-state index contributed by atoms with van der Waals surface area (Å²) < 4.78 is 12.8. The number of aryl methyl sites for hydroxylation is 1. The Bertz CT molecular complexity index is 250. The van der Waals surface area contributed by atoms with Gasteiger partial charge in [0.1, 0.15) is 5.82 Å². The molecule has 0 saturated heterocycles. The summed E-state index contributed by atoms with van der Waals surface area (Å²) in [6.07, 6.45) is 0.808. The summed E-state index contributed by atoms with van der Waals surface area (Å²) in [6, 6.07) is 4.79. The molecule has 1 aromatic carbocycles. The molecule has 1 aromatic rings. The van der Waals surface area contributed by atoms with Crippen LogP contribution >= 0.6 is 0 Å². The predicted octanol–water partition coefficient (Wildman–Crippen LogP) is 0.625. The van der Waals surface area contributed by atoms with E-state index >= 15 is 0 Å². The smallest absolute Gasteiger partial charge is 0.329 e. The van der Waals surface area contributed by atoms with Crippen LogP contribution in [0.1, 0.15) is 12.5 Å². The summed E-state index contributed by atoms with van der Waals surface area (Å²) in [5.41, 5.74) is 1.18. The molecule has 0 amide bonds. The van der Waals surface area contributed by atoms with Crippen molar-refractivity contribution < 1.29 is 9.41 Å². The Morgan fingerprint density at radius 3 is 2.73 bits per heavy atom. The minimum atomic E-state index is -0.369. The van der Waals surface area contributed by atoms with Gasteiger partial charge in [-0.3, -0.25) is 0 Å². The fraction of sp³-hybridized carbons (Fsp3) is 0.250. The van der Waals surface area contributed by atoms with Crippen LogP contribution in [0.3, 0.4) is 0 Å². The van der Waals surface area contributed by atoms with Crippen molar-refractivity contribution in [2.75, 3.05) is 0 Å². The molecule has 0 aliphatic heterocycles. The molecule has 0 spiro atoms. The van der Waals surface area contributed by atoms with Crippen LogP contribution in [-0.2, 0) is 6.42 Å². The second-order valence-electron chi connectivity index (χ2n) is 2.34. The highest BCUT2D eigenvalue weighted by Crippen LogP contribution is 2.01. The second-order valence-corrected chi connectivity index (χ2v) is 2.34. The largest absolute Gasteiger partial charge is 0.450 e. The van der Waals surface area contributed by atoms with E-state index < -0.39 is 0 Å². The zero-order valence-electron chi connectivity index (χ0n) is 6.34. The maximum atomic E-state index is 12.8. The molecule has 0 heterocycles. The fourth-order valence-corrected chi connectivity index (χ4v) is 0.895. The molecule has 0 aromatic heterocycles. The number of hydrogen-bond acceptors (Lipinski definition) is 1. The highest BCUT2D eigenvalue weighted by atomic mass is 19.1. The van der Waals surface area contributed by atoms with Gasteiger partial charge in [-0.2, -0.15) is 0 Å². The molecule has 0 aliphatic carbocycles. The van der Waals surface area contributed by atoms with Crippen molar-refractivity contribution >= 4 is 12.9 Å². The average Bonchev–Trinajstić information content (AvgIpc) is 2.04. The first kappa shape index (κ1) is 8.27. The zero-order valence-corrected chi connectivity index (χ0v) is 6.34. The lowest BCUT2D eigenvalue weighted by Crippen LogP contribution is -2.17. The summed E-state index contributed by atoms with van der Waals surface area (Å²) in [7, 11) is 0.773. The Kier molecular flexibility index (Phi) is 2.66. The second kappa shape index (κ2) is 3.53. The molecule has 3 heteroatoms. The molecular formula is C8H9BFO. The normalized spacial score (nSPS) is 9.73. The average molecular weight is 151 g/mol. The third-order valence-corrected chi connectivity index (χ3v) is 1.61. The molecular weight excluding hydrogens is 142 g/mol. The Hall–Kier alpha value is -0.825. The van der Waals surface area contributed by atoms with Crippen LogP contribution in [0.25, 0.3) is 0 Å². The lowest BCUT2D eigenvalue weighted by molar-refractivity contribution is 0.601. The summed E-state index contributed by atoms with van der Waals surface area (Å²) >= 11 is 0. The molecule has 0 atom stereocenters. The number of hydrogen-bond donors (Lipinski definition) is 1. The van der Waals surface area contributed by atoms with Gasteiger partial charge in [0, 0.05) is 0 Å². The molecule has 0 aliphatic rings. The van der Waals surface area contributed by atoms with E-state index in [1.807, 2.05) is 6.92 Å². The van der Waals surface area contributed by atoms with Crippen molar-refractivity contribution in [3.05, 3.63) is 29.6 Å². The summed E-state index contributed by atoms with van der Waals surface area (Å²) in [5.74, 6) is -0.369. The van der Waals surface area contributed by atoms with Crippen LogP contribution in [0.2, 0.25) is 0 Å². The Morgan fingerprint density at radius 2 is 2.27 bits per heavy atom. The SMILES string of the molecule is CCc1ccc([B]O)c(F)c1. The summed E-state index contributed by atoms with van der Waals surface area (Å²) in [5, 5.41) is 8.52. The van der Waals surface area contributed by atoms with Crippen LogP contribution < -0.4 is 5.46 Å². The molecule has 0 unspecified atom stereocenters. The number of rotatable bonds is 2. The van der Waals surface area contributed by atoms with Crippen LogP contribution in [-0.4, -0.2) is 12.5 Å². The van der Waals surface area contributed by atoms with Gasteiger partial charge in [0.25, 0.3) is 0 Å². The highest BCUT2D eigenvalue weighted by Gasteiger charge is 2.01. The highest BCUT2D eigenvalue weighted by molar-refractivity contribution is 6.45. The molecule has 1 nitrogen and oxygen atoms in total. The van der Waals surface area contributed by atoms with Crippen molar-refractivity contribution in [2.45, 2.75) is 13.3 Å². The van der Waals surface area contributed by atoms with Crippen molar-refractivity contribution in [3.63, 3.8) is 0 Å². The molecule has 57 valence electrons. The van der Waals surface area contributed by atoms with E-state index in [4.69, 9.17) is 5.02 Å². The van der Waals surface area contributed by atoms with Crippen molar-refractivity contribution in [1.29, 1.82) is 0 Å². The molecule has 0 saturated carbocycles. The fourth-order valence-electron chi connectivity index (χ4n) is 0.895. The maximum absolute atomic E-state index is 12.8. The quantitative estimate of drug-likeness (QED) is 0.614. The van der Waals surface area contributed by atoms with E-state index in [2.05, 4.69) is 0 Å². The topological polar surface area (TPSA) is 20.2 Å². The van der Waals surface area contributed by atoms with Gasteiger partial charge in [0.2, 0.25) is 0 Å². The zero-order chi connectivity index (χ0) is 8.27. The van der Waals surface area contributed by atoms with E-state index in [1.165, 1.54) is 6.07 Å². The Labute approximate surface area is 66.1 Å². The molecule has 1 N–H and O–H groups in total. The minimum absolute atomic E-state index is 0.238. The number of halogens is 1. The summed E-state index contributed by atoms with van der Waals surface area (Å²) in [6.45, 7) is 1.96. The van der Waals surface area contributed by atoms with Gasteiger partial charge < -0.3 is 5.02 Å². The monoisotopic (exact) mass is 151 g/mol. The standard InChI is InChI=1S/C8H9BFO/c1-2-6-3-4-7(9-11)8(10)5-6/h3-5,11H,2H2,1H3. The van der Waals surface area contributed by atoms with Gasteiger partial charge in [-0.25, -0.2) is 4.39 Å². The Morgan fingerprint density at radius 1 is 1.55 bits per heavy atom. The minimum Gasteiger partial charge on any atom is -0.450 e. The van der Waals surface area contributed by atoms with Crippen LogP contribution in [0.5, 0.6) is 0 Å². The van der Waals surface area contributed by atoms with E-state index in [-0.39, 0.29) is 11.3 Å². The van der Waals surface area contributed by atoms with Gasteiger partial charge in [-0.05, 0) is 23.5 Å². The first-order chi connectivity index (χ1) is 5.27. The van der Waals surface area contributed by atoms with Gasteiger partial charge in [0.05, 0.1) is 0 Å². The van der Waals surface area contributed by atoms with Crippen molar-refractivity contribution in [3.8, 4) is 0 Å². The van der Waals surface area contributed by atoms with E-state index in [0.29, 0.717) is 0 Å². The molecule has 11 heavy (non-hydrogen) atoms. The molecule has 0 bridgehead atoms. The van der Waals surface area contributed by atoms with Crippen molar-refractivity contribution in [2.24, 2.45) is 0 Å². The first-order valence-corrected chi connectivity index (χ1v) is 3.53. The molecule has 0 fully saturated rings. The molecule has 1 rings (SSSR count). The van der Waals surface area contributed by atoms with Gasteiger partial charge >= 0.3 is 7.48 Å². The molecule has 1 radical (unpaired) electrons. The lowest BCUT2D eigenvalue weighted by Gasteiger charge is -1.99. The first-order valence-electron chi connectivity index (χ1n) is 3.53. The predicted molar refractivity (Wildman–Crippen MR) is 43.4 cm³/mol. The van der Waals surface area contributed by atoms with Crippen LogP contribution in [0.4, 0.5) is 4.39 Å². The van der Waals surface area contributed by atoms with Gasteiger partial charge in [-0.15, -0.1) is 0 Å². The van der Waals surface area contributed by atoms with E-state index in [1.54, 1.807) is 12.1 Å². The van der Waals surface area contributed by atoms with Crippen LogP contribution in [0, 0.1) is 5.82 Å². The van der Waals surface area contributed by atoms with E-state index in [9.17, 15) is 4.39 Å². The van der Waals surface area contributed by atoms with Gasteiger partial charge in [0.15, 0.2) is 0 Å². The maximum Gasteiger partial charge on any atom is 0.329 e. The summed E-state index contributed by atoms with van der Waals surface area (Å²) in [4.78, 5) is 0. The van der Waals surface area contributed by atoms with Crippen molar-refractivity contribution in [1.82, 2.24) is 0 Å². The third kappa shape index (κ3) is 1.81. The van der Waals surface area contributed by atoms with Gasteiger partial charge in [-0.1, -0.05) is 19.1 Å². The van der Waals surface area contributed by atoms with Crippen LogP contribution in [0.15, 0.2) is 18.2 Å². The lowest BCUT2D eigenvalue weighted by atomic mass is 9.87.